The van der Waals surface area contributed by atoms with E-state index >= 15 is 0 Å². The number of ether oxygens (including phenoxy) is 1. The highest BCUT2D eigenvalue weighted by Gasteiger charge is 2.33. The Kier molecular flexibility index (Phi) is 8.75. The minimum Gasteiger partial charge on any atom is -0.405 e. The van der Waals surface area contributed by atoms with Gasteiger partial charge in [-0.3, -0.25) is 4.79 Å². The third-order valence-corrected chi connectivity index (χ3v) is 7.20. The van der Waals surface area contributed by atoms with E-state index < -0.39 is 6.36 Å². The third kappa shape index (κ3) is 7.15. The summed E-state index contributed by atoms with van der Waals surface area (Å²) in [5, 5.41) is 5.81. The number of hydrogen-bond acceptors (Lipinski definition) is 9. The Balaban J connectivity index is 1.33. The minimum atomic E-state index is -4.79. The number of nitrogens with one attached hydrogen (secondary N) is 2. The van der Waals surface area contributed by atoms with E-state index in [2.05, 4.69) is 47.1 Å². The highest BCUT2D eigenvalue weighted by molar-refractivity contribution is 5.78. The smallest absolute Gasteiger partial charge is 0.405 e. The number of halogens is 3. The van der Waals surface area contributed by atoms with Crippen LogP contribution in [0.2, 0.25) is 0 Å². The van der Waals surface area contributed by atoms with Crippen LogP contribution in [-0.4, -0.2) is 85.5 Å². The molecule has 2 heterocycles. The monoisotopic (exact) mass is 536 g/mol. The van der Waals surface area contributed by atoms with Crippen LogP contribution in [0.4, 0.5) is 31.0 Å². The largest absolute Gasteiger partial charge is 0.573 e. The zero-order valence-electron chi connectivity index (χ0n) is 22.0. The second-order valence-electron chi connectivity index (χ2n) is 9.79. The highest BCUT2D eigenvalue weighted by Crippen LogP contribution is 2.30. The van der Waals surface area contributed by atoms with Gasteiger partial charge in [-0.25, -0.2) is 0 Å². The van der Waals surface area contributed by atoms with Crippen molar-refractivity contribution < 1.29 is 22.7 Å². The zero-order chi connectivity index (χ0) is 27.3. The number of likely N-dealkylation sites (N-methyl/N-ethyl adjacent to an activating group) is 1. The van der Waals surface area contributed by atoms with Gasteiger partial charge in [0.05, 0.1) is 0 Å². The number of benzene rings is 1. The molecule has 0 radical (unpaired) electrons. The molecule has 1 saturated carbocycles. The Morgan fingerprint density at radius 3 is 2.42 bits per heavy atom. The van der Waals surface area contributed by atoms with Crippen LogP contribution in [0.15, 0.2) is 24.3 Å². The summed E-state index contributed by atoms with van der Waals surface area (Å²) >= 11 is 0. The summed E-state index contributed by atoms with van der Waals surface area (Å²) in [7, 11) is 5.84. The lowest BCUT2D eigenvalue weighted by Gasteiger charge is -2.35. The Labute approximate surface area is 220 Å². The molecule has 0 spiro atoms. The molecule has 4 rings (SSSR count). The van der Waals surface area contributed by atoms with Crippen LogP contribution in [0.5, 0.6) is 5.75 Å². The number of piperazine rings is 1. The van der Waals surface area contributed by atoms with E-state index in [0.717, 1.165) is 39.0 Å². The van der Waals surface area contributed by atoms with Crippen molar-refractivity contribution in [3.8, 4) is 5.75 Å². The van der Waals surface area contributed by atoms with Gasteiger partial charge < -0.3 is 30.1 Å². The molecule has 0 atom stereocenters. The molecule has 38 heavy (non-hydrogen) atoms. The summed E-state index contributed by atoms with van der Waals surface area (Å²) in [5.41, 5.74) is 0.276. The Morgan fingerprint density at radius 1 is 1.08 bits per heavy atom. The van der Waals surface area contributed by atoms with Crippen molar-refractivity contribution >= 4 is 23.8 Å². The van der Waals surface area contributed by atoms with Crippen LogP contribution >= 0.6 is 0 Å². The molecule has 0 bridgehead atoms. The van der Waals surface area contributed by atoms with Crippen molar-refractivity contribution in [1.29, 1.82) is 0 Å². The lowest BCUT2D eigenvalue weighted by Crippen LogP contribution is -2.45. The maximum absolute atomic E-state index is 12.8. The fraction of sp³-hybridized carbons (Fsp3) is 0.600. The third-order valence-electron chi connectivity index (χ3n) is 7.20. The number of aromatic nitrogens is 3. The first-order valence-electron chi connectivity index (χ1n) is 12.8. The number of carbonyl (C=O) groups is 1. The zero-order valence-corrected chi connectivity index (χ0v) is 22.0. The van der Waals surface area contributed by atoms with E-state index in [1.54, 1.807) is 13.1 Å². The number of amides is 1. The first kappa shape index (κ1) is 27.7. The Morgan fingerprint density at radius 2 is 1.76 bits per heavy atom. The topological polar surface area (TPSA) is 98.8 Å². The van der Waals surface area contributed by atoms with Gasteiger partial charge in [0, 0.05) is 64.3 Å². The summed E-state index contributed by atoms with van der Waals surface area (Å²) in [6.45, 7) is 3.55. The predicted octanol–water partition coefficient (Wildman–Crippen LogP) is 2.88. The van der Waals surface area contributed by atoms with Crippen LogP contribution in [-0.2, 0) is 11.3 Å². The summed E-state index contributed by atoms with van der Waals surface area (Å²) in [5.74, 6) is 1.08. The molecule has 2 aliphatic rings. The lowest BCUT2D eigenvalue weighted by molar-refractivity contribution is -0.274. The Hall–Kier alpha value is -3.35. The average Bonchev–Trinajstić information content (AvgIpc) is 2.91. The van der Waals surface area contributed by atoms with Crippen LogP contribution in [0.25, 0.3) is 0 Å². The van der Waals surface area contributed by atoms with Crippen molar-refractivity contribution in [2.75, 3.05) is 62.4 Å². The standard InChI is InChI=1S/C25H35F3N8O2/c1-29-22-31-23(33-24(32-22)36-14-12-34(2)13-15-36)35(3)19-10-8-17(9-11-19)21(37)30-16-18-6-4-5-7-20(18)38-25(26,27)28/h4-7,17,19H,8-16H2,1-3H3,(H,30,37)(H,29,31,32,33). The quantitative estimate of drug-likeness (QED) is 0.528. The molecular weight excluding hydrogens is 501 g/mol. The first-order chi connectivity index (χ1) is 18.1. The normalized spacial score (nSPS) is 20.6. The van der Waals surface area contributed by atoms with E-state index in [-0.39, 0.29) is 35.7 Å². The van der Waals surface area contributed by atoms with Gasteiger partial charge in [-0.1, -0.05) is 18.2 Å². The van der Waals surface area contributed by atoms with Gasteiger partial charge in [0.25, 0.3) is 0 Å². The van der Waals surface area contributed by atoms with Gasteiger partial charge in [-0.05, 0) is 38.8 Å². The van der Waals surface area contributed by atoms with Crippen molar-refractivity contribution in [1.82, 2.24) is 25.2 Å². The highest BCUT2D eigenvalue weighted by atomic mass is 19.4. The Bertz CT molecular complexity index is 1090. The van der Waals surface area contributed by atoms with Crippen LogP contribution in [0.1, 0.15) is 31.2 Å². The van der Waals surface area contributed by atoms with E-state index in [1.807, 2.05) is 7.05 Å². The molecule has 13 heteroatoms. The molecule has 208 valence electrons. The number of para-hydroxylation sites is 1. The molecule has 0 unspecified atom stereocenters. The van der Waals surface area contributed by atoms with Gasteiger partial charge in [-0.2, -0.15) is 15.0 Å². The molecule has 1 amide bonds. The van der Waals surface area contributed by atoms with Crippen molar-refractivity contribution in [2.24, 2.45) is 5.92 Å². The van der Waals surface area contributed by atoms with Crippen molar-refractivity contribution in [2.45, 2.75) is 44.6 Å². The van der Waals surface area contributed by atoms with Crippen LogP contribution < -0.4 is 25.2 Å². The molecular formula is C25H35F3N8O2. The van der Waals surface area contributed by atoms with Crippen LogP contribution in [0, 0.1) is 5.92 Å². The average molecular weight is 537 g/mol. The van der Waals surface area contributed by atoms with Crippen molar-refractivity contribution in [3.05, 3.63) is 29.8 Å². The molecule has 2 fully saturated rings. The van der Waals surface area contributed by atoms with Gasteiger partial charge in [0.15, 0.2) is 0 Å². The molecule has 1 aliphatic carbocycles. The predicted molar refractivity (Wildman–Crippen MR) is 138 cm³/mol. The molecule has 1 aliphatic heterocycles. The number of carbonyl (C=O) groups excluding carboxylic acids is 1. The summed E-state index contributed by atoms with van der Waals surface area (Å²) in [6.07, 6.45) is -1.92. The fourth-order valence-electron chi connectivity index (χ4n) is 4.86. The summed E-state index contributed by atoms with van der Waals surface area (Å²) in [4.78, 5) is 33.2. The van der Waals surface area contributed by atoms with Gasteiger partial charge in [0.1, 0.15) is 5.75 Å². The first-order valence-corrected chi connectivity index (χ1v) is 12.8. The fourth-order valence-corrected chi connectivity index (χ4v) is 4.86. The number of hydrogen-bond donors (Lipinski definition) is 2. The van der Waals surface area contributed by atoms with Gasteiger partial charge in [-0.15, -0.1) is 13.2 Å². The molecule has 1 aromatic heterocycles. The molecule has 10 nitrogen and oxygen atoms in total. The molecule has 1 saturated heterocycles. The van der Waals surface area contributed by atoms with Crippen LogP contribution in [0.3, 0.4) is 0 Å². The van der Waals surface area contributed by atoms with Crippen molar-refractivity contribution in [3.63, 3.8) is 0 Å². The number of anilines is 3. The summed E-state index contributed by atoms with van der Waals surface area (Å²) < 4.78 is 42.1. The number of rotatable bonds is 8. The lowest BCUT2D eigenvalue weighted by atomic mass is 9.85. The minimum absolute atomic E-state index is 0.0301. The molecule has 1 aromatic carbocycles. The maximum atomic E-state index is 12.8. The SMILES string of the molecule is CNc1nc(N2CCN(C)CC2)nc(N(C)C2CCC(C(=O)NCc3ccccc3OC(F)(F)F)CC2)n1. The van der Waals surface area contributed by atoms with E-state index in [4.69, 9.17) is 4.98 Å². The number of nitrogens with zero attached hydrogens (tertiary/aromatic N) is 6. The molecule has 2 N–H and O–H groups in total. The second-order valence-corrected chi connectivity index (χ2v) is 9.79. The van der Waals surface area contributed by atoms with E-state index in [9.17, 15) is 18.0 Å². The van der Waals surface area contributed by atoms with E-state index in [1.165, 1.54) is 18.2 Å². The summed E-state index contributed by atoms with van der Waals surface area (Å²) in [6, 6.07) is 5.99. The van der Waals surface area contributed by atoms with Gasteiger partial charge >= 0.3 is 6.36 Å². The van der Waals surface area contributed by atoms with Gasteiger partial charge in [0.2, 0.25) is 23.8 Å². The second kappa shape index (κ2) is 12.0. The number of alkyl halides is 3. The maximum Gasteiger partial charge on any atom is 0.573 e. The van der Waals surface area contributed by atoms with E-state index in [0.29, 0.717) is 30.7 Å². The molecule has 2 aromatic rings.